The topological polar surface area (TPSA) is 55.4 Å². The largest absolute Gasteiger partial charge is 0.497 e. The minimum Gasteiger partial charge on any atom is -0.405 e. The Labute approximate surface area is 541 Å². The minimum absolute atomic E-state index is 0.163. The summed E-state index contributed by atoms with van der Waals surface area (Å²) < 4.78 is 65.8. The van der Waals surface area contributed by atoms with Gasteiger partial charge in [-0.05, 0) is 140 Å². The fourth-order valence-corrected chi connectivity index (χ4v) is 59.4. The van der Waals surface area contributed by atoms with Crippen molar-refractivity contribution in [3.05, 3.63) is 63.3 Å². The molecule has 3 saturated heterocycles. The predicted octanol–water partition coefficient (Wildman–Crippen LogP) is 9.33. The van der Waals surface area contributed by atoms with Gasteiger partial charge in [0.2, 0.25) is 0 Å². The highest BCUT2D eigenvalue weighted by Gasteiger charge is 2.63. The molecule has 4 aromatic rings. The average molecular weight is 1630 g/mol. The minimum atomic E-state index is -0.644. The van der Waals surface area contributed by atoms with Gasteiger partial charge in [-0.2, -0.15) is 0 Å². The predicted molar refractivity (Wildman–Crippen MR) is 398 cm³/mol. The van der Waals surface area contributed by atoms with Crippen LogP contribution in [0.2, 0.25) is 0 Å². The number of hydrogen-bond donors (Lipinski definition) is 0. The van der Waals surface area contributed by atoms with Gasteiger partial charge in [0.15, 0.2) is 0 Å². The van der Waals surface area contributed by atoms with Crippen LogP contribution in [0, 0.1) is 11.6 Å². The molecule has 0 unspecified atom stereocenters. The second-order valence-corrected chi connectivity index (χ2v) is 60.3. The second kappa shape index (κ2) is 37.3. The van der Waals surface area contributed by atoms with Crippen LogP contribution in [0.25, 0.3) is 20.2 Å². The molecule has 2 aromatic carbocycles. The lowest BCUT2D eigenvalue weighted by Gasteiger charge is -2.32. The zero-order valence-corrected chi connectivity index (χ0v) is 66.0. The van der Waals surface area contributed by atoms with Crippen molar-refractivity contribution in [3.8, 4) is 0 Å². The van der Waals surface area contributed by atoms with E-state index >= 15 is 0 Å². The van der Waals surface area contributed by atoms with Gasteiger partial charge in [-0.15, -0.1) is 22.7 Å². The molecule has 75 heavy (non-hydrogen) atoms. The molecular formula is C34H44B3BrF2O6S29. The molecule has 0 saturated carbocycles. The van der Waals surface area contributed by atoms with Gasteiger partial charge in [-0.25, -0.2) is 8.78 Å². The van der Waals surface area contributed by atoms with E-state index in [0.29, 0.717) is 20.7 Å². The van der Waals surface area contributed by atoms with Gasteiger partial charge in [0.25, 0.3) is 0 Å². The van der Waals surface area contributed by atoms with Crippen molar-refractivity contribution in [1.29, 1.82) is 0 Å². The van der Waals surface area contributed by atoms with Gasteiger partial charge >= 0.3 is 21.1 Å². The molecule has 0 radical (unpaired) electrons. The summed E-state index contributed by atoms with van der Waals surface area (Å²) in [7, 11) is 36.4. The van der Waals surface area contributed by atoms with E-state index in [-0.39, 0.29) is 34.0 Å². The average Bonchev–Trinajstić information content (AvgIpc) is 4.15. The third kappa shape index (κ3) is 24.7. The number of benzene rings is 2. The molecule has 0 atom stereocenters. The highest BCUT2D eigenvalue weighted by atomic mass is 79.9. The van der Waals surface area contributed by atoms with Crippen molar-refractivity contribution in [3.63, 3.8) is 0 Å². The maximum Gasteiger partial charge on any atom is 0.497 e. The quantitative estimate of drug-likeness (QED) is 0.182. The van der Waals surface area contributed by atoms with Gasteiger partial charge < -0.3 is 27.9 Å². The zero-order chi connectivity index (χ0) is 55.9. The lowest BCUT2D eigenvalue weighted by molar-refractivity contribution is 0.00578. The summed E-state index contributed by atoms with van der Waals surface area (Å²) >= 11 is 25.0. The third-order valence-electron chi connectivity index (χ3n) is 11.0. The van der Waals surface area contributed by atoms with E-state index in [0.717, 1.165) is 9.40 Å². The van der Waals surface area contributed by atoms with Crippen LogP contribution >= 0.6 is 38.6 Å². The molecule has 0 aliphatic carbocycles. The fraction of sp³-hybridized carbons (Fsp3) is 0.529. The Morgan fingerprint density at radius 3 is 0.960 bits per heavy atom. The Morgan fingerprint density at radius 1 is 0.387 bits per heavy atom. The van der Waals surface area contributed by atoms with Gasteiger partial charge in [0.05, 0.1) is 38.1 Å². The molecule has 420 valence electrons. The molecule has 0 amide bonds. The van der Waals surface area contributed by atoms with Crippen LogP contribution in [-0.4, -0.2) is 54.7 Å². The van der Waals surface area contributed by atoms with E-state index in [4.69, 9.17) is 72.7 Å². The molecular weight excluding hydrogens is 1580 g/mol. The summed E-state index contributed by atoms with van der Waals surface area (Å²) in [6.45, 7) is 24.1. The monoisotopic (exact) mass is 1630 g/mol. The van der Waals surface area contributed by atoms with Gasteiger partial charge in [-0.3, -0.25) is 0 Å². The molecule has 7 rings (SSSR count). The molecule has 3 aliphatic heterocycles. The highest BCUT2D eigenvalue weighted by Crippen LogP contribution is 2.43. The lowest BCUT2D eigenvalue weighted by atomic mass is 9.49. The van der Waals surface area contributed by atoms with E-state index in [2.05, 4.69) is 15.9 Å². The van der Waals surface area contributed by atoms with Crippen molar-refractivity contribution in [2.45, 2.75) is 117 Å². The van der Waals surface area contributed by atoms with E-state index in [9.17, 15) is 8.78 Å². The highest BCUT2D eigenvalue weighted by molar-refractivity contribution is 9.10. The maximum atomic E-state index is 14.5. The normalized spacial score (nSPS) is 17.2. The van der Waals surface area contributed by atoms with E-state index in [1.54, 1.807) is 204 Å². The number of rotatable bonds is 2. The summed E-state index contributed by atoms with van der Waals surface area (Å²) in [5.41, 5.74) is -1.86. The van der Waals surface area contributed by atoms with E-state index < -0.39 is 32.3 Å². The molecule has 0 N–H and O–H groups in total. The Balaban J connectivity index is 0.000000251. The zero-order valence-electron chi connectivity index (χ0n) is 40.8. The van der Waals surface area contributed by atoms with Crippen LogP contribution in [-0.2, 0) is 277 Å². The Bertz CT molecular complexity index is 3570. The first-order chi connectivity index (χ1) is 35.3. The standard InChI is InChI=1S/C14H16BFO2S.C12H24B2O4.C8H4BrFS.S14.S13/c1-13(2)14(3,4)18-15(17-13)10-5-6-11-9(12(10)16)7-8-19-11;1-9(2)10(3,4)16-13(15-9)14-17-11(5,6)12(7,8)18-14;9-6-1-2-7-5(8(6)10)3-4-11-7;1-3-5-7-9-11-13-14-12-10-8-6-4-2;1-3-5-7-9-11-13-12-10-8-6-4-2/h5-8H,1-4H3;1-8H3;1-4H;;. The summed E-state index contributed by atoms with van der Waals surface area (Å²) in [6.07, 6.45) is 0. The molecule has 41 heteroatoms. The van der Waals surface area contributed by atoms with Crippen molar-refractivity contribution < 1.29 is 36.7 Å². The Kier molecular flexibility index (Phi) is 36.8. The van der Waals surface area contributed by atoms with Crippen LogP contribution < -0.4 is 5.46 Å². The van der Waals surface area contributed by atoms with Crippen molar-refractivity contribution >= 4 is 334 Å². The van der Waals surface area contributed by atoms with Gasteiger partial charge in [0, 0.05) is 275 Å². The number of hydrogen-bond acceptors (Lipinski definition) is 12. The first kappa shape index (κ1) is 73.8. The van der Waals surface area contributed by atoms with Gasteiger partial charge in [-0.1, -0.05) is 6.07 Å². The molecule has 0 bridgehead atoms. The molecule has 3 fully saturated rings. The lowest BCUT2D eigenvalue weighted by Crippen LogP contribution is -2.41. The van der Waals surface area contributed by atoms with E-state index in [1.807, 2.05) is 106 Å². The van der Waals surface area contributed by atoms with Gasteiger partial charge in [0.1, 0.15) is 11.6 Å². The van der Waals surface area contributed by atoms with Crippen molar-refractivity contribution in [1.82, 2.24) is 0 Å². The molecule has 3 aliphatic rings. The first-order valence-corrected chi connectivity index (χ1v) is 56.1. The van der Waals surface area contributed by atoms with Crippen LogP contribution in [0.15, 0.2) is 51.6 Å². The van der Waals surface area contributed by atoms with Crippen LogP contribution in [0.3, 0.4) is 0 Å². The molecule has 5 heterocycles. The maximum absolute atomic E-state index is 14.5. The smallest absolute Gasteiger partial charge is 0.405 e. The van der Waals surface area contributed by atoms with Crippen LogP contribution in [0.1, 0.15) is 83.1 Å². The number of halogens is 3. The Morgan fingerprint density at radius 2 is 0.653 bits per heavy atom. The summed E-state index contributed by atoms with van der Waals surface area (Å²) in [4.78, 5) is 0. The van der Waals surface area contributed by atoms with Crippen molar-refractivity contribution in [2.24, 2.45) is 0 Å². The fourth-order valence-electron chi connectivity index (χ4n) is 5.37. The van der Waals surface area contributed by atoms with E-state index in [1.165, 1.54) is 46.9 Å². The molecule has 0 spiro atoms. The van der Waals surface area contributed by atoms with Crippen molar-refractivity contribution in [2.75, 3.05) is 0 Å². The second-order valence-electron chi connectivity index (χ2n) is 16.9. The SMILES string of the molecule is CC1(C)OB(B2OC(C)(C)C(C)(C)O2)OC1(C)C.CC1(C)OB(c2ccc3sccc3c2F)OC1(C)C.Fc1c(Br)ccc2sccc12.S=S=S=S=S=S=S=S=S=S=S=S=S.S=S=S=S=S=S=S=S=S=S=S=S=S=S. The van der Waals surface area contributed by atoms with Crippen LogP contribution in [0.5, 0.6) is 0 Å². The number of thiophene rings is 2. The molecule has 2 aromatic heterocycles. The number of fused-ring (bicyclic) bond motifs is 2. The summed E-state index contributed by atoms with van der Waals surface area (Å²) in [5.74, 6) is -0.402. The van der Waals surface area contributed by atoms with Crippen LogP contribution in [0.4, 0.5) is 8.78 Å². The summed E-state index contributed by atoms with van der Waals surface area (Å²) in [5, 5.41) is 5.11. The third-order valence-corrected chi connectivity index (χ3v) is 60.0. The summed E-state index contributed by atoms with van der Waals surface area (Å²) in [6, 6.07) is 10.9. The molecule has 6 nitrogen and oxygen atoms in total. The first-order valence-electron chi connectivity index (χ1n) is 20.2. The Hall–Kier alpha value is 4.59.